The summed E-state index contributed by atoms with van der Waals surface area (Å²) in [4.78, 5) is 85.4. The average Bonchev–Trinajstić information content (AvgIpc) is 3.30. The molecule has 5 atom stereocenters. The molecule has 0 amide bonds. The minimum absolute atomic E-state index is 0. The van der Waals surface area contributed by atoms with E-state index in [2.05, 4.69) is 0 Å². The molecule has 0 aliphatic rings. The zero-order valence-corrected chi connectivity index (χ0v) is 104. The van der Waals surface area contributed by atoms with E-state index >= 15 is 0 Å². The monoisotopic (exact) mass is 3020 g/mol. The third-order valence-corrected chi connectivity index (χ3v) is 15.1. The molecule has 0 saturated heterocycles. The number of aliphatic hydroxyl groups is 9. The summed E-state index contributed by atoms with van der Waals surface area (Å²) >= 11 is 4.78. The fourth-order valence-electron chi connectivity index (χ4n) is 4.64. The first kappa shape index (κ1) is 118. The summed E-state index contributed by atoms with van der Waals surface area (Å²) in [5.41, 5.74) is -2.58. The molecule has 0 bridgehead atoms. The van der Waals surface area contributed by atoms with E-state index in [4.69, 9.17) is 52.5 Å². The van der Waals surface area contributed by atoms with Crippen molar-refractivity contribution in [1.29, 1.82) is 0 Å². The fraction of sp³-hybridized carbons (Fsp3) is 0.845. The first-order valence-corrected chi connectivity index (χ1v) is 26.7. The number of halogens is 1. The van der Waals surface area contributed by atoms with Crippen molar-refractivity contribution in [3.63, 3.8) is 0 Å². The van der Waals surface area contributed by atoms with Crippen LogP contribution >= 0.6 is 11.6 Å². The van der Waals surface area contributed by atoms with Crippen molar-refractivity contribution in [2.45, 2.75) is 210 Å². The second kappa shape index (κ2) is 58.4. The van der Waals surface area contributed by atoms with Gasteiger partial charge in [0, 0.05) is 80.7 Å². The van der Waals surface area contributed by atoms with Crippen molar-refractivity contribution in [3.05, 3.63) is 5.92 Å². The molecule has 0 aromatic heterocycles. The van der Waals surface area contributed by atoms with Gasteiger partial charge >= 0.3 is 18.9 Å². The van der Waals surface area contributed by atoms with Crippen LogP contribution in [0.5, 0.6) is 0 Å². The fourth-order valence-corrected chi connectivity index (χ4v) is 4.73. The van der Waals surface area contributed by atoms with Gasteiger partial charge in [-0.05, 0) is 127 Å². The normalized spacial score (nSPS) is 12.0. The first-order chi connectivity index (χ1) is 34.2. The largest absolute Gasteiger partial charge is 1.00 e. The van der Waals surface area contributed by atoms with E-state index in [-0.39, 0.29) is 165 Å². The summed E-state index contributed by atoms with van der Waals surface area (Å²) in [5.74, 6) is 2.16. The topological polar surface area (TPSA) is 319 Å². The smallest absolute Gasteiger partial charge is 0.396 e. The number of hydrogen-bond donors (Lipinski definition) is 9. The maximum absolute atomic E-state index is 11.1. The summed E-state index contributed by atoms with van der Waals surface area (Å²) < 4.78 is 0. The third-order valence-electron chi connectivity index (χ3n) is 14.9. The van der Waals surface area contributed by atoms with Crippen LogP contribution in [-0.2, 0) is 38.4 Å². The Morgan fingerprint density at radius 1 is 0.440 bits per heavy atom. The van der Waals surface area contributed by atoms with Crippen molar-refractivity contribution in [3.8, 4) is 0 Å². The van der Waals surface area contributed by atoms with Gasteiger partial charge in [0.1, 0.15) is 35.2 Å². The standard InChI is InChI=1S/2C9H18O2.C8H16O3.C8H14O3.C8H18O2.C8H16O2.C5H9O.C3H5ClO2.Li.7Sg/c2*1-7(5-6-10)9(3,4)8(2)11;2*1-6(10)8(2,3)7(11)4-5-9;2*1-7(4-5-9)8(2,3)6-10;1-4(2)5(3)6;4-3(6)1-2-5;;;;;;;;/h2*7,10H,5-6H2,1-4H3;7,9,11H,4-5H2,1-3H3;9H,4-5H2,1-3H3;7,9-10H,4-6H2,1-3H3;6-7,9H,4-5H2,1-3H3;1-3H3;5H,1-2H2;;;;;;;;/q;;;;;;-1;;+1;;;;;;;/t3*7-;;2*7-;;;;;;;;;;/m000.00........../s1. The molecule has 0 fully saturated rings. The van der Waals surface area contributed by atoms with Gasteiger partial charge in [-0.25, -0.2) is 0 Å². The number of rotatable bonds is 27. The van der Waals surface area contributed by atoms with Crippen molar-refractivity contribution in [2.75, 3.05) is 52.9 Å². The van der Waals surface area contributed by atoms with Gasteiger partial charge in [-0.3, -0.25) is 28.8 Å². The van der Waals surface area contributed by atoms with E-state index in [1.165, 1.54) is 13.8 Å². The zero-order valence-electron chi connectivity index (χ0n) is 57.7. The molecule has 26 heteroatoms. The molecule has 0 radical (unpaired) electrons. The van der Waals surface area contributed by atoms with Gasteiger partial charge in [-0.15, -0.1) is 0 Å². The van der Waals surface area contributed by atoms with E-state index < -0.39 is 22.2 Å². The average molecular weight is 3010 g/mol. The van der Waals surface area contributed by atoms with Crippen LogP contribution in [0.4, 0.5) is 0 Å². The van der Waals surface area contributed by atoms with E-state index in [1.807, 2.05) is 96.9 Å². The van der Waals surface area contributed by atoms with Crippen molar-refractivity contribution >= 4 is 57.8 Å². The Morgan fingerprint density at radius 3 is 0.881 bits per heavy atom. The molecule has 0 heterocycles. The Hall–Kier alpha value is -9.24. The van der Waals surface area contributed by atoms with Crippen LogP contribution in [0, 0.1) is 62.1 Å². The molecule has 0 unspecified atom stereocenters. The number of aldehydes is 1. The summed E-state index contributed by atoms with van der Waals surface area (Å²) in [6, 6.07) is 0. The number of carbonyl (C=O) groups is 8. The van der Waals surface area contributed by atoms with Gasteiger partial charge in [0.2, 0.25) is 5.24 Å². The molecule has 0 spiro atoms. The number of hydrogen-bond acceptors (Lipinski definition) is 17. The molecular formula is C58H114ClLiO17Sg7. The SMILES string of the molecule is CC(=O)C(C)(C)C(=O)CCO.CC(=O)C(C)(C)[C@@H](C)CCO.CC(=O)C(C)(C)[C@@H](C)CCO.CC(=O)C(C)(C)[C@@H](O)CCO.CC(=O)[C-](C)C.C[C@@H](CCO)C(C)(C)C=O.C[C@@H](CCO)C(C)(C)CO.O=C(Cl)CCO.[Li+].[Sg].[Sg].[Sg].[Sg].[Sg].[Sg].[Sg]. The van der Waals surface area contributed by atoms with Crippen LogP contribution in [0.15, 0.2) is 0 Å². The van der Waals surface area contributed by atoms with Gasteiger partial charge < -0.3 is 61.5 Å². The van der Waals surface area contributed by atoms with E-state index in [9.17, 15) is 43.5 Å². The van der Waals surface area contributed by atoms with Gasteiger partial charge in [-0.1, -0.05) is 96.9 Å². The Bertz CT molecular complexity index is 1530. The van der Waals surface area contributed by atoms with Crippen molar-refractivity contribution in [2.24, 2.45) is 56.2 Å². The van der Waals surface area contributed by atoms with Crippen LogP contribution in [0.1, 0.15) is 204 Å². The first-order valence-electron chi connectivity index (χ1n) is 26.3. The minimum Gasteiger partial charge on any atom is -0.396 e. The maximum atomic E-state index is 11.1. The number of carbonyl (C=O) groups excluding carboxylic acids is 8. The summed E-state index contributed by atoms with van der Waals surface area (Å²) in [6.45, 7) is 41.7. The van der Waals surface area contributed by atoms with Crippen LogP contribution in [0.3, 0.4) is 0 Å². The van der Waals surface area contributed by atoms with Gasteiger partial charge in [0.25, 0.3) is 0 Å². The van der Waals surface area contributed by atoms with Gasteiger partial charge in [0.05, 0.1) is 18.1 Å². The molecular weight excluding hydrogens is 2890 g/mol. The molecule has 0 aromatic carbocycles. The quantitative estimate of drug-likeness (QED) is 0.0177. The van der Waals surface area contributed by atoms with Crippen LogP contribution in [0.25, 0.3) is 0 Å². The van der Waals surface area contributed by atoms with Crippen molar-refractivity contribution in [1.82, 2.24) is 0 Å². The van der Waals surface area contributed by atoms with Crippen molar-refractivity contribution < 1.29 is 103 Å². The molecule has 0 rings (SSSR count). The predicted molar refractivity (Wildman–Crippen MR) is 304 cm³/mol. The maximum Gasteiger partial charge on any atom is 1.00 e. The second-order valence-electron chi connectivity index (χ2n) is 23.1. The third kappa shape index (κ3) is 56.0. The summed E-state index contributed by atoms with van der Waals surface area (Å²) in [7, 11) is 0. The number of aliphatic hydroxyl groups excluding tert-OH is 9. The number of ketones is 6. The molecule has 0 aliphatic heterocycles. The van der Waals surface area contributed by atoms with Gasteiger partial charge in [-0.2, -0.15) is 13.8 Å². The van der Waals surface area contributed by atoms with E-state index in [0.29, 0.717) is 25.2 Å². The molecule has 9 N–H and O–H groups in total. The van der Waals surface area contributed by atoms with Gasteiger partial charge in [0.15, 0.2) is 0 Å². The minimum atomic E-state index is -0.928. The van der Waals surface area contributed by atoms with Crippen LogP contribution in [0.2, 0.25) is 0 Å². The number of Topliss-reactive ketones (excluding diaryl/α,β-unsaturated/α-hetero) is 6. The zero-order chi connectivity index (χ0) is 62.8. The molecule has 84 heavy (non-hydrogen) atoms. The summed E-state index contributed by atoms with van der Waals surface area (Å²) in [6.07, 6.45) is 3.46. The molecule has 0 aliphatic carbocycles. The summed E-state index contributed by atoms with van der Waals surface area (Å²) in [5, 5.41) is 77.2. The van der Waals surface area contributed by atoms with E-state index in [1.54, 1.807) is 48.5 Å². The molecule has 17 nitrogen and oxygen atoms in total. The van der Waals surface area contributed by atoms with Crippen LogP contribution < -0.4 is 18.9 Å². The Morgan fingerprint density at radius 2 is 0.702 bits per heavy atom. The predicted octanol–water partition coefficient (Wildman–Crippen LogP) is 4.72. The Labute approximate surface area is 484 Å². The molecule has 0 saturated carbocycles. The second-order valence-corrected chi connectivity index (χ2v) is 23.5. The molecule has 0 aromatic rings. The van der Waals surface area contributed by atoms with Crippen LogP contribution in [-0.4, -0.2) is 151 Å². The Balaban J connectivity index is -0.0000000447. The Kier molecular flexibility index (Phi) is 81.9. The van der Waals surface area contributed by atoms with E-state index in [0.717, 1.165) is 18.6 Å². The molecule has 470 valence electrons.